The minimum absolute atomic E-state index is 0. The van der Waals surface area contributed by atoms with Crippen LogP contribution in [-0.2, 0) is 21.1 Å². The number of carbonyl (C=O) groups excluding carboxylic acids is 1. The minimum atomic E-state index is -3.11. The maximum atomic E-state index is 12.0. The number of halogens is 1. The van der Waals surface area contributed by atoms with Crippen molar-refractivity contribution in [1.82, 2.24) is 5.32 Å². The molecule has 8 heteroatoms. The number of nitrogens with two attached hydrogens (primary N) is 1. The van der Waals surface area contributed by atoms with Crippen molar-refractivity contribution in [2.75, 3.05) is 12.0 Å². The van der Waals surface area contributed by atoms with Crippen molar-refractivity contribution in [3.8, 4) is 5.75 Å². The molecule has 3 N–H and O–H groups in total. The quantitative estimate of drug-likeness (QED) is 0.619. The number of hydrogen-bond donors (Lipinski definition) is 2. The molecule has 0 aliphatic carbocycles. The van der Waals surface area contributed by atoms with E-state index in [0.717, 1.165) is 24.8 Å². The third-order valence-electron chi connectivity index (χ3n) is 3.69. The highest BCUT2D eigenvalue weighted by atomic mass is 35.5. The third-order valence-corrected chi connectivity index (χ3v) is 4.66. The molecule has 2 unspecified atom stereocenters. The Morgan fingerprint density at radius 3 is 2.23 bits per heavy atom. The van der Waals surface area contributed by atoms with Crippen molar-refractivity contribution in [3.05, 3.63) is 29.8 Å². The number of hydrogen-bond acceptors (Lipinski definition) is 5. The van der Waals surface area contributed by atoms with Gasteiger partial charge in [0.25, 0.3) is 0 Å². The van der Waals surface area contributed by atoms with Crippen molar-refractivity contribution in [2.45, 2.75) is 58.2 Å². The molecule has 1 aromatic rings. The lowest BCUT2D eigenvalue weighted by Crippen LogP contribution is -2.45. The summed E-state index contributed by atoms with van der Waals surface area (Å²) < 4.78 is 27.9. The second-order valence-electron chi connectivity index (χ2n) is 6.78. The van der Waals surface area contributed by atoms with E-state index in [9.17, 15) is 13.2 Å². The van der Waals surface area contributed by atoms with Gasteiger partial charge in [0.15, 0.2) is 0 Å². The maximum absolute atomic E-state index is 12.0. The van der Waals surface area contributed by atoms with Crippen LogP contribution >= 0.6 is 12.4 Å². The van der Waals surface area contributed by atoms with Crippen LogP contribution in [0.25, 0.3) is 0 Å². The Morgan fingerprint density at radius 2 is 1.73 bits per heavy atom. The summed E-state index contributed by atoms with van der Waals surface area (Å²) in [5.74, 6) is 0.453. The number of sulfone groups is 1. The van der Waals surface area contributed by atoms with Crippen LogP contribution in [0.2, 0.25) is 0 Å². The number of rotatable bonds is 10. The van der Waals surface area contributed by atoms with E-state index >= 15 is 0 Å². The highest BCUT2D eigenvalue weighted by Gasteiger charge is 2.17. The monoisotopic (exact) mass is 406 g/mol. The van der Waals surface area contributed by atoms with E-state index in [1.54, 1.807) is 0 Å². The molecule has 0 fully saturated rings. The lowest BCUT2D eigenvalue weighted by Gasteiger charge is -2.17. The first-order chi connectivity index (χ1) is 11.6. The Morgan fingerprint density at radius 1 is 1.15 bits per heavy atom. The molecule has 26 heavy (non-hydrogen) atoms. The molecule has 0 aliphatic heterocycles. The Labute approximate surface area is 163 Å². The van der Waals surface area contributed by atoms with Crippen LogP contribution in [0, 0.1) is 0 Å². The highest BCUT2D eigenvalue weighted by Crippen LogP contribution is 2.15. The van der Waals surface area contributed by atoms with E-state index in [2.05, 4.69) is 5.32 Å². The van der Waals surface area contributed by atoms with Crippen LogP contribution in [0.4, 0.5) is 0 Å². The summed E-state index contributed by atoms with van der Waals surface area (Å²) in [4.78, 5) is 12.0. The van der Waals surface area contributed by atoms with Crippen LogP contribution in [0.1, 0.15) is 39.2 Å². The fourth-order valence-corrected chi connectivity index (χ4v) is 2.97. The van der Waals surface area contributed by atoms with Gasteiger partial charge in [-0.05, 0) is 57.7 Å². The molecule has 2 atom stereocenters. The first-order valence-electron chi connectivity index (χ1n) is 8.56. The van der Waals surface area contributed by atoms with Gasteiger partial charge >= 0.3 is 0 Å². The lowest BCUT2D eigenvalue weighted by molar-refractivity contribution is -0.123. The number of benzene rings is 1. The second-order valence-corrected chi connectivity index (χ2v) is 9.04. The summed E-state index contributed by atoms with van der Waals surface area (Å²) >= 11 is 0. The van der Waals surface area contributed by atoms with E-state index in [4.69, 9.17) is 10.5 Å². The number of carbonyl (C=O) groups is 1. The van der Waals surface area contributed by atoms with Gasteiger partial charge in [0.1, 0.15) is 15.6 Å². The molecule has 1 amide bonds. The third kappa shape index (κ3) is 10.6. The molecule has 1 aromatic carbocycles. The fourth-order valence-electron chi connectivity index (χ4n) is 2.28. The number of nitrogens with one attached hydrogen (secondary N) is 1. The van der Waals surface area contributed by atoms with Crippen molar-refractivity contribution in [1.29, 1.82) is 0 Å². The number of aryl methyl sites for hydroxylation is 1. The number of amides is 1. The van der Waals surface area contributed by atoms with Gasteiger partial charge in [0.05, 0.1) is 17.9 Å². The molecule has 0 saturated heterocycles. The molecule has 1 rings (SSSR count). The Kier molecular flexibility index (Phi) is 10.8. The highest BCUT2D eigenvalue weighted by molar-refractivity contribution is 7.90. The van der Waals surface area contributed by atoms with Crippen LogP contribution in [0.15, 0.2) is 24.3 Å². The first kappa shape index (κ1) is 24.7. The van der Waals surface area contributed by atoms with Crippen LogP contribution < -0.4 is 15.8 Å². The standard InChI is InChI=1S/C18H30N2O4S.ClH/c1-13(2)24-16-9-7-15(8-10-16)6-5-14(3)20-18(21)17(19)11-12-25(4,22)23;/h7-10,13-14,17H,5-6,11-12,19H2,1-4H3,(H,20,21);1H. The minimum Gasteiger partial charge on any atom is -0.491 e. The molecule has 0 radical (unpaired) electrons. The van der Waals surface area contributed by atoms with Crippen LogP contribution in [-0.4, -0.2) is 44.5 Å². The largest absolute Gasteiger partial charge is 0.491 e. The molecule has 0 spiro atoms. The number of ether oxygens (including phenoxy) is 1. The van der Waals surface area contributed by atoms with Gasteiger partial charge in [0, 0.05) is 12.3 Å². The van der Waals surface area contributed by atoms with E-state index in [-0.39, 0.29) is 42.6 Å². The molecule has 150 valence electrons. The van der Waals surface area contributed by atoms with E-state index in [1.165, 1.54) is 5.56 Å². The second kappa shape index (κ2) is 11.4. The normalized spacial score (nSPS) is 13.6. The zero-order valence-electron chi connectivity index (χ0n) is 15.9. The van der Waals surface area contributed by atoms with Crippen molar-refractivity contribution < 1.29 is 17.9 Å². The zero-order valence-corrected chi connectivity index (χ0v) is 17.5. The summed E-state index contributed by atoms with van der Waals surface area (Å²) in [7, 11) is -3.11. The smallest absolute Gasteiger partial charge is 0.237 e. The van der Waals surface area contributed by atoms with Crippen molar-refractivity contribution in [3.63, 3.8) is 0 Å². The summed E-state index contributed by atoms with van der Waals surface area (Å²) in [6.45, 7) is 5.88. The van der Waals surface area contributed by atoms with Gasteiger partial charge in [-0.15, -0.1) is 12.4 Å². The molecule has 0 heterocycles. The van der Waals surface area contributed by atoms with E-state index in [1.807, 2.05) is 45.0 Å². The molecule has 0 aliphatic rings. The summed E-state index contributed by atoms with van der Waals surface area (Å²) in [6, 6.07) is 7.08. The average Bonchev–Trinajstić information content (AvgIpc) is 2.50. The fraction of sp³-hybridized carbons (Fsp3) is 0.611. The van der Waals surface area contributed by atoms with Crippen molar-refractivity contribution in [2.24, 2.45) is 5.73 Å². The van der Waals surface area contributed by atoms with Crippen LogP contribution in [0.3, 0.4) is 0 Å². The Balaban J connectivity index is 0.00000625. The average molecular weight is 407 g/mol. The van der Waals surface area contributed by atoms with E-state index < -0.39 is 15.9 Å². The molecule has 0 aromatic heterocycles. The lowest BCUT2D eigenvalue weighted by atomic mass is 10.1. The molecular formula is C18H31ClN2O4S. The van der Waals surface area contributed by atoms with Crippen LogP contribution in [0.5, 0.6) is 5.75 Å². The van der Waals surface area contributed by atoms with Crippen molar-refractivity contribution >= 4 is 28.2 Å². The van der Waals surface area contributed by atoms with Gasteiger partial charge in [-0.2, -0.15) is 0 Å². The summed E-state index contributed by atoms with van der Waals surface area (Å²) in [5.41, 5.74) is 6.91. The predicted molar refractivity (Wildman–Crippen MR) is 108 cm³/mol. The van der Waals surface area contributed by atoms with Gasteiger partial charge in [-0.3, -0.25) is 4.79 Å². The molecule has 0 bridgehead atoms. The summed E-state index contributed by atoms with van der Waals surface area (Å²) in [5, 5.41) is 2.84. The SMILES string of the molecule is CC(CCc1ccc(OC(C)C)cc1)NC(=O)C(N)CCS(C)(=O)=O.Cl. The zero-order chi connectivity index (χ0) is 19.0. The van der Waals surface area contributed by atoms with Gasteiger partial charge in [0.2, 0.25) is 5.91 Å². The Hall–Kier alpha value is -1.31. The topological polar surface area (TPSA) is 98.5 Å². The van der Waals surface area contributed by atoms with Gasteiger partial charge in [-0.25, -0.2) is 8.42 Å². The Bertz CT molecular complexity index is 648. The van der Waals surface area contributed by atoms with Gasteiger partial charge in [-0.1, -0.05) is 12.1 Å². The van der Waals surface area contributed by atoms with E-state index in [0.29, 0.717) is 0 Å². The molecular weight excluding hydrogens is 376 g/mol. The maximum Gasteiger partial charge on any atom is 0.237 e. The summed E-state index contributed by atoms with van der Waals surface area (Å²) in [6.07, 6.45) is 3.01. The molecule has 0 saturated carbocycles. The predicted octanol–water partition coefficient (Wildman–Crippen LogP) is 2.09. The van der Waals surface area contributed by atoms with Gasteiger partial charge < -0.3 is 15.8 Å². The molecule has 6 nitrogen and oxygen atoms in total. The first-order valence-corrected chi connectivity index (χ1v) is 10.6.